The summed E-state index contributed by atoms with van der Waals surface area (Å²) >= 11 is 0. The van der Waals surface area contributed by atoms with E-state index in [1.165, 1.54) is 48.5 Å². The van der Waals surface area contributed by atoms with Crippen molar-refractivity contribution in [2.24, 2.45) is 0 Å². The smallest absolute Gasteiger partial charge is 0.337 e. The van der Waals surface area contributed by atoms with Crippen LogP contribution in [-0.2, 0) is 0 Å². The first-order chi connectivity index (χ1) is 20.0. The number of hydrogen-bond acceptors (Lipinski definition) is 6. The zero-order valence-electron chi connectivity index (χ0n) is 22.2. The van der Waals surface area contributed by atoms with Gasteiger partial charge in [0.15, 0.2) is 0 Å². The van der Waals surface area contributed by atoms with Crippen molar-refractivity contribution in [3.05, 3.63) is 117 Å². The number of fused-ring (bicyclic) bond motifs is 2. The summed E-state index contributed by atoms with van der Waals surface area (Å²) < 4.78 is 0. The average molecular weight is 561 g/mol. The monoisotopic (exact) mass is 560 g/mol. The number of carboxylic acids is 2. The van der Waals surface area contributed by atoms with E-state index >= 15 is 0 Å². The molecule has 2 N–H and O–H groups in total. The number of carbonyl (C=O) groups is 6. The van der Waals surface area contributed by atoms with E-state index in [1.54, 1.807) is 38.1 Å². The molecule has 0 saturated heterocycles. The number of rotatable bonds is 5. The quantitative estimate of drug-likeness (QED) is 0.325. The summed E-state index contributed by atoms with van der Waals surface area (Å²) in [6.07, 6.45) is 0. The number of hydrogen-bond donors (Lipinski definition) is 2. The molecule has 0 aromatic heterocycles. The highest BCUT2D eigenvalue weighted by Crippen LogP contribution is 2.37. The Morgan fingerprint density at radius 2 is 0.857 bits per heavy atom. The lowest BCUT2D eigenvalue weighted by molar-refractivity contribution is 0.0686. The molecule has 2 heterocycles. The first kappa shape index (κ1) is 26.3. The second-order valence-corrected chi connectivity index (χ2v) is 10.1. The van der Waals surface area contributed by atoms with Gasteiger partial charge in [0.1, 0.15) is 0 Å². The van der Waals surface area contributed by atoms with E-state index in [-0.39, 0.29) is 44.8 Å². The van der Waals surface area contributed by atoms with Gasteiger partial charge in [0.25, 0.3) is 23.6 Å². The van der Waals surface area contributed by atoms with E-state index in [2.05, 4.69) is 0 Å². The summed E-state index contributed by atoms with van der Waals surface area (Å²) in [5, 5.41) is 19.3. The molecular formula is C32H20N2O8. The summed E-state index contributed by atoms with van der Waals surface area (Å²) in [6, 6.07) is 17.9. The lowest BCUT2D eigenvalue weighted by Crippen LogP contribution is -2.31. The predicted molar refractivity (Wildman–Crippen MR) is 150 cm³/mol. The van der Waals surface area contributed by atoms with E-state index in [4.69, 9.17) is 0 Å². The van der Waals surface area contributed by atoms with Crippen molar-refractivity contribution in [3.8, 4) is 11.1 Å². The molecule has 10 heteroatoms. The van der Waals surface area contributed by atoms with Gasteiger partial charge in [-0.25, -0.2) is 19.4 Å². The third kappa shape index (κ3) is 3.88. The van der Waals surface area contributed by atoms with Crippen LogP contribution in [0.3, 0.4) is 0 Å². The van der Waals surface area contributed by atoms with Crippen LogP contribution < -0.4 is 9.80 Å². The number of carboxylic acid groups (broad SMARTS) is 2. The van der Waals surface area contributed by atoms with Crippen LogP contribution in [-0.4, -0.2) is 45.8 Å². The number of amides is 4. The van der Waals surface area contributed by atoms with Gasteiger partial charge in [-0.05, 0) is 73.5 Å². The molecule has 0 saturated carbocycles. The second kappa shape index (κ2) is 9.34. The van der Waals surface area contributed by atoms with Crippen molar-refractivity contribution in [1.82, 2.24) is 0 Å². The molecule has 0 radical (unpaired) electrons. The summed E-state index contributed by atoms with van der Waals surface area (Å²) in [5.41, 5.74) is 2.11. The van der Waals surface area contributed by atoms with Gasteiger partial charge in [-0.1, -0.05) is 35.4 Å². The first-order valence-electron chi connectivity index (χ1n) is 12.7. The number of benzene rings is 4. The van der Waals surface area contributed by atoms with Gasteiger partial charge in [0.2, 0.25) is 0 Å². The van der Waals surface area contributed by atoms with Gasteiger partial charge in [-0.2, -0.15) is 0 Å². The Balaban J connectivity index is 1.37. The van der Waals surface area contributed by atoms with Crippen LogP contribution in [0.5, 0.6) is 0 Å². The van der Waals surface area contributed by atoms with Gasteiger partial charge in [-0.3, -0.25) is 19.2 Å². The molecule has 0 atom stereocenters. The molecule has 42 heavy (non-hydrogen) atoms. The normalized spacial score (nSPS) is 14.0. The van der Waals surface area contributed by atoms with Crippen molar-refractivity contribution in [3.63, 3.8) is 0 Å². The molecule has 0 fully saturated rings. The fourth-order valence-corrected chi connectivity index (χ4v) is 5.31. The van der Waals surface area contributed by atoms with Crippen LogP contribution in [0.4, 0.5) is 11.4 Å². The Morgan fingerprint density at radius 1 is 0.500 bits per heavy atom. The molecule has 4 amide bonds. The van der Waals surface area contributed by atoms with Crippen molar-refractivity contribution in [2.45, 2.75) is 13.8 Å². The third-order valence-corrected chi connectivity index (χ3v) is 7.35. The maximum atomic E-state index is 13.4. The highest BCUT2D eigenvalue weighted by atomic mass is 16.4. The minimum absolute atomic E-state index is 0.0422. The first-order valence-corrected chi connectivity index (χ1v) is 12.7. The zero-order valence-corrected chi connectivity index (χ0v) is 22.2. The molecule has 10 nitrogen and oxygen atoms in total. The van der Waals surface area contributed by atoms with E-state index in [0.29, 0.717) is 22.3 Å². The van der Waals surface area contributed by atoms with E-state index < -0.39 is 35.6 Å². The van der Waals surface area contributed by atoms with Crippen molar-refractivity contribution in [2.75, 3.05) is 9.80 Å². The molecule has 0 aliphatic carbocycles. The fraction of sp³-hybridized carbons (Fsp3) is 0.0625. The lowest BCUT2D eigenvalue weighted by Gasteiger charge is -2.16. The number of anilines is 2. The standard InChI is InChI=1S/C32H20N2O8/c1-15-3-9-25(23(11-15)31(39)40)33-27(35)19-7-5-17(13-21(19)29(33)37)18-6-8-20-22(14-18)30(38)34(28(20)36)26-10-4-16(2)12-24(26)32(41)42/h3-14H,1-2H3,(H,39,40)(H,41,42). The number of aryl methyl sites for hydroxylation is 2. The van der Waals surface area contributed by atoms with Crippen LogP contribution in [0.25, 0.3) is 11.1 Å². The third-order valence-electron chi connectivity index (χ3n) is 7.35. The summed E-state index contributed by atoms with van der Waals surface area (Å²) in [7, 11) is 0. The zero-order chi connectivity index (χ0) is 30.0. The van der Waals surface area contributed by atoms with E-state index in [1.807, 2.05) is 0 Å². The number of nitrogens with zero attached hydrogens (tertiary/aromatic N) is 2. The topological polar surface area (TPSA) is 149 Å². The van der Waals surface area contributed by atoms with Crippen molar-refractivity contribution >= 4 is 46.9 Å². The Morgan fingerprint density at radius 3 is 1.21 bits per heavy atom. The van der Waals surface area contributed by atoms with E-state index in [9.17, 15) is 39.0 Å². The SMILES string of the molecule is Cc1ccc(N2C(=O)c3ccc(-c4ccc5c(c4)C(=O)N(c4ccc(C)cc4C(=O)O)C5=O)cc3C2=O)c(C(=O)O)c1. The van der Waals surface area contributed by atoms with Crippen LogP contribution in [0.1, 0.15) is 73.3 Å². The Bertz CT molecular complexity index is 1820. The van der Waals surface area contributed by atoms with E-state index in [0.717, 1.165) is 9.80 Å². The van der Waals surface area contributed by atoms with Crippen LogP contribution in [0.15, 0.2) is 72.8 Å². The summed E-state index contributed by atoms with van der Waals surface area (Å²) in [6.45, 7) is 3.40. The van der Waals surface area contributed by atoms with Crippen LogP contribution >= 0.6 is 0 Å². The molecule has 0 spiro atoms. The maximum Gasteiger partial charge on any atom is 0.337 e. The van der Waals surface area contributed by atoms with Gasteiger partial charge in [-0.15, -0.1) is 0 Å². The molecule has 2 aliphatic rings. The average Bonchev–Trinajstić information content (AvgIpc) is 3.36. The highest BCUT2D eigenvalue weighted by molar-refractivity contribution is 6.36. The molecule has 0 bridgehead atoms. The van der Waals surface area contributed by atoms with Crippen LogP contribution in [0, 0.1) is 13.8 Å². The van der Waals surface area contributed by atoms with Gasteiger partial charge < -0.3 is 10.2 Å². The minimum Gasteiger partial charge on any atom is -0.478 e. The lowest BCUT2D eigenvalue weighted by atomic mass is 9.97. The van der Waals surface area contributed by atoms with Gasteiger partial charge in [0.05, 0.1) is 44.8 Å². The Kier molecular flexibility index (Phi) is 5.86. The summed E-state index contributed by atoms with van der Waals surface area (Å²) in [5.74, 6) is -5.27. The molecular weight excluding hydrogens is 540 g/mol. The van der Waals surface area contributed by atoms with Crippen molar-refractivity contribution in [1.29, 1.82) is 0 Å². The largest absolute Gasteiger partial charge is 0.478 e. The van der Waals surface area contributed by atoms with Crippen LogP contribution in [0.2, 0.25) is 0 Å². The molecule has 0 unspecified atom stereocenters. The summed E-state index contributed by atoms with van der Waals surface area (Å²) in [4.78, 5) is 78.6. The van der Waals surface area contributed by atoms with Gasteiger partial charge in [0, 0.05) is 0 Å². The Hall–Kier alpha value is -5.90. The maximum absolute atomic E-state index is 13.4. The predicted octanol–water partition coefficient (Wildman–Crippen LogP) is 4.97. The highest BCUT2D eigenvalue weighted by Gasteiger charge is 2.40. The number of imide groups is 2. The molecule has 2 aliphatic heterocycles. The molecule has 206 valence electrons. The molecule has 4 aromatic rings. The molecule has 6 rings (SSSR count). The fourth-order valence-electron chi connectivity index (χ4n) is 5.31. The van der Waals surface area contributed by atoms with Gasteiger partial charge >= 0.3 is 11.9 Å². The Labute approximate surface area is 238 Å². The second-order valence-electron chi connectivity index (χ2n) is 10.1. The minimum atomic E-state index is -1.28. The van der Waals surface area contributed by atoms with Crippen molar-refractivity contribution < 1.29 is 39.0 Å². The molecule has 4 aromatic carbocycles. The number of aromatic carboxylic acids is 2. The number of carbonyl (C=O) groups excluding carboxylic acids is 4.